The fourth-order valence-corrected chi connectivity index (χ4v) is 2.09. The molecule has 5 heteroatoms. The van der Waals surface area contributed by atoms with Gasteiger partial charge in [0.2, 0.25) is 0 Å². The standard InChI is InChI=1S/C12H19N3O2/c1-2-5-14(8-12(16)17)7-11-6-13-9-15(11)10-3-4-10/h6,9-10H,2-5,7-8H2,1H3,(H,16,17). The first-order valence-corrected chi connectivity index (χ1v) is 6.15. The van der Waals surface area contributed by atoms with Crippen LogP contribution in [0.4, 0.5) is 0 Å². The zero-order valence-corrected chi connectivity index (χ0v) is 10.2. The SMILES string of the molecule is CCCN(CC(=O)O)Cc1cncn1C1CC1. The van der Waals surface area contributed by atoms with Crippen molar-refractivity contribution < 1.29 is 9.90 Å². The largest absolute Gasteiger partial charge is 0.480 e. The minimum atomic E-state index is -0.768. The van der Waals surface area contributed by atoms with Gasteiger partial charge in [0.25, 0.3) is 0 Å². The highest BCUT2D eigenvalue weighted by Crippen LogP contribution is 2.35. The maximum atomic E-state index is 10.8. The lowest BCUT2D eigenvalue weighted by atomic mass is 10.3. The van der Waals surface area contributed by atoms with E-state index in [4.69, 9.17) is 5.11 Å². The molecule has 94 valence electrons. The molecule has 1 saturated carbocycles. The molecule has 1 aliphatic rings. The van der Waals surface area contributed by atoms with Crippen molar-refractivity contribution in [2.45, 2.75) is 38.8 Å². The van der Waals surface area contributed by atoms with Crippen LogP contribution in [0.1, 0.15) is 37.9 Å². The molecule has 5 nitrogen and oxygen atoms in total. The molecule has 1 fully saturated rings. The average molecular weight is 237 g/mol. The number of rotatable bonds is 7. The van der Waals surface area contributed by atoms with Crippen molar-refractivity contribution in [2.24, 2.45) is 0 Å². The smallest absolute Gasteiger partial charge is 0.317 e. The Morgan fingerprint density at radius 3 is 3.00 bits per heavy atom. The summed E-state index contributed by atoms with van der Waals surface area (Å²) in [5.41, 5.74) is 1.13. The molecule has 0 radical (unpaired) electrons. The number of imidazole rings is 1. The van der Waals surface area contributed by atoms with E-state index in [9.17, 15) is 4.79 Å². The minimum Gasteiger partial charge on any atom is -0.480 e. The Kier molecular flexibility index (Phi) is 3.78. The molecule has 0 aliphatic heterocycles. The van der Waals surface area contributed by atoms with Crippen LogP contribution in [0.3, 0.4) is 0 Å². The van der Waals surface area contributed by atoms with Crippen molar-refractivity contribution in [1.29, 1.82) is 0 Å². The van der Waals surface area contributed by atoms with E-state index in [0.29, 0.717) is 12.6 Å². The molecule has 2 rings (SSSR count). The predicted molar refractivity (Wildman–Crippen MR) is 63.7 cm³/mol. The summed E-state index contributed by atoms with van der Waals surface area (Å²) in [6, 6.07) is 0.598. The summed E-state index contributed by atoms with van der Waals surface area (Å²) in [4.78, 5) is 16.9. The molecule has 0 saturated heterocycles. The molecule has 0 spiro atoms. The molecule has 0 bridgehead atoms. The van der Waals surface area contributed by atoms with Gasteiger partial charge in [0.05, 0.1) is 18.6 Å². The molecule has 1 N–H and O–H groups in total. The zero-order chi connectivity index (χ0) is 12.3. The first-order valence-electron chi connectivity index (χ1n) is 6.15. The molecular formula is C12H19N3O2. The summed E-state index contributed by atoms with van der Waals surface area (Å²) < 4.78 is 2.19. The highest BCUT2D eigenvalue weighted by molar-refractivity contribution is 5.69. The van der Waals surface area contributed by atoms with Gasteiger partial charge < -0.3 is 9.67 Å². The molecule has 0 aromatic carbocycles. The summed E-state index contributed by atoms with van der Waals surface area (Å²) >= 11 is 0. The number of hydrogen-bond acceptors (Lipinski definition) is 3. The fraction of sp³-hybridized carbons (Fsp3) is 0.667. The van der Waals surface area contributed by atoms with Crippen molar-refractivity contribution >= 4 is 5.97 Å². The highest BCUT2D eigenvalue weighted by atomic mass is 16.4. The van der Waals surface area contributed by atoms with Crippen molar-refractivity contribution in [3.8, 4) is 0 Å². The third-order valence-electron chi connectivity index (χ3n) is 2.97. The molecule has 17 heavy (non-hydrogen) atoms. The number of hydrogen-bond donors (Lipinski definition) is 1. The summed E-state index contributed by atoms with van der Waals surface area (Å²) in [5.74, 6) is -0.768. The van der Waals surface area contributed by atoms with Crippen LogP contribution < -0.4 is 0 Å². The lowest BCUT2D eigenvalue weighted by molar-refractivity contribution is -0.138. The second-order valence-electron chi connectivity index (χ2n) is 4.63. The maximum absolute atomic E-state index is 10.8. The van der Waals surface area contributed by atoms with Crippen LogP contribution in [0.15, 0.2) is 12.5 Å². The van der Waals surface area contributed by atoms with E-state index in [1.807, 2.05) is 17.4 Å². The molecule has 0 unspecified atom stereocenters. The molecule has 0 amide bonds. The van der Waals surface area contributed by atoms with Gasteiger partial charge in [-0.3, -0.25) is 9.69 Å². The van der Waals surface area contributed by atoms with Crippen LogP contribution >= 0.6 is 0 Å². The van der Waals surface area contributed by atoms with E-state index in [-0.39, 0.29) is 6.54 Å². The minimum absolute atomic E-state index is 0.101. The predicted octanol–water partition coefficient (Wildman–Crippen LogP) is 1.51. The van der Waals surface area contributed by atoms with E-state index in [0.717, 1.165) is 18.7 Å². The normalized spacial score (nSPS) is 15.4. The third kappa shape index (κ3) is 3.30. The van der Waals surface area contributed by atoms with Crippen LogP contribution in [-0.4, -0.2) is 38.6 Å². The van der Waals surface area contributed by atoms with Crippen LogP contribution in [0.5, 0.6) is 0 Å². The molecule has 1 aromatic heterocycles. The van der Waals surface area contributed by atoms with Crippen LogP contribution in [-0.2, 0) is 11.3 Å². The van der Waals surface area contributed by atoms with Gasteiger partial charge in [-0.25, -0.2) is 4.98 Å². The second kappa shape index (κ2) is 5.31. The Labute approximate surface area is 101 Å². The Hall–Kier alpha value is -1.36. The van der Waals surface area contributed by atoms with E-state index in [1.165, 1.54) is 12.8 Å². The number of carboxylic acids is 1. The molecule has 1 heterocycles. The summed E-state index contributed by atoms with van der Waals surface area (Å²) in [5, 5.41) is 8.87. The van der Waals surface area contributed by atoms with E-state index >= 15 is 0 Å². The Morgan fingerprint density at radius 1 is 1.65 bits per heavy atom. The first kappa shape index (κ1) is 12.1. The number of aromatic nitrogens is 2. The first-order chi connectivity index (χ1) is 8.20. The van der Waals surface area contributed by atoms with Gasteiger partial charge in [-0.2, -0.15) is 0 Å². The van der Waals surface area contributed by atoms with Crippen LogP contribution in [0, 0.1) is 0 Å². The monoisotopic (exact) mass is 237 g/mol. The van der Waals surface area contributed by atoms with Crippen LogP contribution in [0.25, 0.3) is 0 Å². The molecule has 0 atom stereocenters. The Balaban J connectivity index is 2.00. The maximum Gasteiger partial charge on any atom is 0.317 e. The van der Waals surface area contributed by atoms with Crippen molar-refractivity contribution in [2.75, 3.05) is 13.1 Å². The topological polar surface area (TPSA) is 58.4 Å². The van der Waals surface area contributed by atoms with Crippen molar-refractivity contribution in [3.63, 3.8) is 0 Å². The number of aliphatic carboxylic acids is 1. The van der Waals surface area contributed by atoms with Gasteiger partial charge in [0, 0.05) is 18.8 Å². The van der Waals surface area contributed by atoms with Gasteiger partial charge in [-0.15, -0.1) is 0 Å². The van der Waals surface area contributed by atoms with E-state index in [1.54, 1.807) is 0 Å². The summed E-state index contributed by atoms with van der Waals surface area (Å²) in [6.45, 7) is 3.65. The molecular weight excluding hydrogens is 218 g/mol. The summed E-state index contributed by atoms with van der Waals surface area (Å²) in [7, 11) is 0. The van der Waals surface area contributed by atoms with Gasteiger partial charge in [0.15, 0.2) is 0 Å². The van der Waals surface area contributed by atoms with Gasteiger partial charge in [0.1, 0.15) is 0 Å². The zero-order valence-electron chi connectivity index (χ0n) is 10.2. The fourth-order valence-electron chi connectivity index (χ4n) is 2.09. The van der Waals surface area contributed by atoms with Gasteiger partial charge in [-0.1, -0.05) is 6.92 Å². The summed E-state index contributed by atoms with van der Waals surface area (Å²) in [6.07, 6.45) is 7.11. The van der Waals surface area contributed by atoms with Crippen LogP contribution in [0.2, 0.25) is 0 Å². The quantitative estimate of drug-likeness (QED) is 0.781. The number of carbonyl (C=O) groups is 1. The lowest BCUT2D eigenvalue weighted by Gasteiger charge is -2.20. The average Bonchev–Trinajstić information content (AvgIpc) is 3.00. The molecule has 1 aliphatic carbocycles. The third-order valence-corrected chi connectivity index (χ3v) is 2.97. The second-order valence-corrected chi connectivity index (χ2v) is 4.63. The molecule has 1 aromatic rings. The van der Waals surface area contributed by atoms with Crippen molar-refractivity contribution in [1.82, 2.24) is 14.5 Å². The highest BCUT2D eigenvalue weighted by Gasteiger charge is 2.25. The van der Waals surface area contributed by atoms with E-state index < -0.39 is 5.97 Å². The number of nitrogens with zero attached hydrogens (tertiary/aromatic N) is 3. The van der Waals surface area contributed by atoms with E-state index in [2.05, 4.69) is 16.5 Å². The lowest BCUT2D eigenvalue weighted by Crippen LogP contribution is -2.30. The number of carboxylic acid groups (broad SMARTS) is 1. The van der Waals surface area contributed by atoms with Gasteiger partial charge in [-0.05, 0) is 25.8 Å². The Morgan fingerprint density at radius 2 is 2.41 bits per heavy atom. The van der Waals surface area contributed by atoms with Crippen molar-refractivity contribution in [3.05, 3.63) is 18.2 Å². The Bertz CT molecular complexity index is 385. The van der Waals surface area contributed by atoms with Gasteiger partial charge >= 0.3 is 5.97 Å².